The maximum absolute atomic E-state index is 12.6. The van der Waals surface area contributed by atoms with Crippen molar-refractivity contribution in [2.45, 2.75) is 50.7 Å². The van der Waals surface area contributed by atoms with E-state index in [1.54, 1.807) is 23.1 Å². The highest BCUT2D eigenvalue weighted by molar-refractivity contribution is 5.99. The Hall–Kier alpha value is -1.88. The van der Waals surface area contributed by atoms with Crippen molar-refractivity contribution < 1.29 is 19.0 Å². The van der Waals surface area contributed by atoms with Crippen LogP contribution in [0.25, 0.3) is 0 Å². The SMILES string of the molecule is O=C1c2cccc(OCCF)c2CN1CC[C@]1(O)CC/C=C\CCC1. The average Bonchev–Trinajstić information content (AvgIpc) is 2.92. The van der Waals surface area contributed by atoms with Crippen LogP contribution in [0, 0.1) is 0 Å². The van der Waals surface area contributed by atoms with Crippen LogP contribution in [0.3, 0.4) is 0 Å². The first-order chi connectivity index (χ1) is 12.1. The second-order valence-electron chi connectivity index (χ2n) is 6.92. The predicted octanol–water partition coefficient (Wildman–Crippen LogP) is 3.63. The van der Waals surface area contributed by atoms with Crippen LogP contribution in [0.5, 0.6) is 5.75 Å². The summed E-state index contributed by atoms with van der Waals surface area (Å²) in [6.45, 7) is 0.434. The Morgan fingerprint density at radius 2 is 2.08 bits per heavy atom. The predicted molar refractivity (Wildman–Crippen MR) is 94.4 cm³/mol. The number of ether oxygens (including phenoxy) is 1. The average molecular weight is 347 g/mol. The number of amides is 1. The van der Waals surface area contributed by atoms with E-state index < -0.39 is 12.3 Å². The van der Waals surface area contributed by atoms with Crippen molar-refractivity contribution in [1.29, 1.82) is 0 Å². The van der Waals surface area contributed by atoms with Crippen LogP contribution in [0.15, 0.2) is 30.4 Å². The number of rotatable bonds is 6. The fraction of sp³-hybridized carbons (Fsp3) is 0.550. The van der Waals surface area contributed by atoms with Crippen LogP contribution < -0.4 is 4.74 Å². The van der Waals surface area contributed by atoms with Crippen molar-refractivity contribution >= 4 is 5.91 Å². The van der Waals surface area contributed by atoms with Gasteiger partial charge in [-0.2, -0.15) is 0 Å². The van der Waals surface area contributed by atoms with Crippen LogP contribution in [0.4, 0.5) is 4.39 Å². The number of allylic oxidation sites excluding steroid dienone is 2. The zero-order valence-corrected chi connectivity index (χ0v) is 14.5. The van der Waals surface area contributed by atoms with E-state index in [0.717, 1.165) is 37.7 Å². The molecule has 0 bridgehead atoms. The fourth-order valence-electron chi connectivity index (χ4n) is 3.68. The first-order valence-corrected chi connectivity index (χ1v) is 9.10. The quantitative estimate of drug-likeness (QED) is 0.800. The number of carbonyl (C=O) groups is 1. The molecule has 5 heteroatoms. The molecule has 1 N–H and O–H groups in total. The van der Waals surface area contributed by atoms with Gasteiger partial charge in [-0.3, -0.25) is 4.79 Å². The number of alkyl halides is 1. The van der Waals surface area contributed by atoms with Crippen molar-refractivity contribution in [2.24, 2.45) is 0 Å². The molecule has 1 aliphatic heterocycles. The Morgan fingerprint density at radius 1 is 1.24 bits per heavy atom. The van der Waals surface area contributed by atoms with Gasteiger partial charge < -0.3 is 14.7 Å². The molecule has 1 aliphatic carbocycles. The summed E-state index contributed by atoms with van der Waals surface area (Å²) >= 11 is 0. The normalized spacial score (nSPS) is 24.6. The molecule has 25 heavy (non-hydrogen) atoms. The van der Waals surface area contributed by atoms with Crippen LogP contribution in [-0.4, -0.2) is 41.3 Å². The van der Waals surface area contributed by atoms with E-state index in [1.165, 1.54) is 0 Å². The Morgan fingerprint density at radius 3 is 2.92 bits per heavy atom. The van der Waals surface area contributed by atoms with Gasteiger partial charge in [-0.05, 0) is 50.7 Å². The Bertz CT molecular complexity index is 646. The van der Waals surface area contributed by atoms with Crippen molar-refractivity contribution in [3.63, 3.8) is 0 Å². The van der Waals surface area contributed by atoms with Crippen LogP contribution >= 0.6 is 0 Å². The summed E-state index contributed by atoms with van der Waals surface area (Å²) in [6.07, 6.45) is 9.27. The summed E-state index contributed by atoms with van der Waals surface area (Å²) in [7, 11) is 0. The maximum atomic E-state index is 12.6. The Balaban J connectivity index is 1.64. The third-order valence-corrected chi connectivity index (χ3v) is 5.14. The monoisotopic (exact) mass is 347 g/mol. The first kappa shape index (κ1) is 17.9. The summed E-state index contributed by atoms with van der Waals surface area (Å²) in [4.78, 5) is 14.4. The second-order valence-corrected chi connectivity index (χ2v) is 6.92. The topological polar surface area (TPSA) is 49.8 Å². The number of hydrogen-bond donors (Lipinski definition) is 1. The lowest BCUT2D eigenvalue weighted by Gasteiger charge is -2.31. The van der Waals surface area contributed by atoms with E-state index in [9.17, 15) is 14.3 Å². The standard InChI is InChI=1S/C20H26FNO3/c21-12-14-25-18-8-6-7-16-17(18)15-22(19(16)23)13-11-20(24)9-4-2-1-3-5-10-20/h1-2,6-8,24H,3-5,9-15H2/b2-1-/t20-/m0/s1. The highest BCUT2D eigenvalue weighted by Crippen LogP contribution is 2.33. The van der Waals surface area contributed by atoms with Gasteiger partial charge in [0, 0.05) is 17.7 Å². The molecule has 1 atom stereocenters. The van der Waals surface area contributed by atoms with Crippen molar-refractivity contribution in [2.75, 3.05) is 19.8 Å². The number of halogens is 1. The molecule has 2 aliphatic rings. The van der Waals surface area contributed by atoms with Gasteiger partial charge in [0.25, 0.3) is 5.91 Å². The van der Waals surface area contributed by atoms with E-state index in [0.29, 0.717) is 30.8 Å². The highest BCUT2D eigenvalue weighted by Gasteiger charge is 2.33. The molecule has 0 spiro atoms. The number of fused-ring (bicyclic) bond motifs is 1. The molecule has 1 aromatic rings. The van der Waals surface area contributed by atoms with Crippen LogP contribution in [0.2, 0.25) is 0 Å². The van der Waals surface area contributed by atoms with Gasteiger partial charge in [0.2, 0.25) is 0 Å². The number of aliphatic hydroxyl groups is 1. The molecule has 0 saturated carbocycles. The van der Waals surface area contributed by atoms with Gasteiger partial charge in [-0.15, -0.1) is 0 Å². The zero-order valence-electron chi connectivity index (χ0n) is 14.5. The fourth-order valence-corrected chi connectivity index (χ4v) is 3.68. The van der Waals surface area contributed by atoms with Gasteiger partial charge in [0.15, 0.2) is 0 Å². The molecule has 3 rings (SSSR count). The number of carbonyl (C=O) groups excluding carboxylic acids is 1. The Kier molecular flexibility index (Phi) is 5.74. The van der Waals surface area contributed by atoms with Gasteiger partial charge in [-0.1, -0.05) is 18.2 Å². The highest BCUT2D eigenvalue weighted by atomic mass is 19.1. The van der Waals surface area contributed by atoms with E-state index >= 15 is 0 Å². The van der Waals surface area contributed by atoms with Gasteiger partial charge in [-0.25, -0.2) is 4.39 Å². The Labute approximate surface area is 148 Å². The number of nitrogens with zero attached hydrogens (tertiary/aromatic N) is 1. The largest absolute Gasteiger partial charge is 0.490 e. The summed E-state index contributed by atoms with van der Waals surface area (Å²) in [5.74, 6) is 0.552. The third kappa shape index (κ3) is 4.21. The molecule has 1 heterocycles. The van der Waals surface area contributed by atoms with Crippen molar-refractivity contribution in [1.82, 2.24) is 4.90 Å². The van der Waals surface area contributed by atoms with Crippen molar-refractivity contribution in [3.8, 4) is 5.75 Å². The van der Waals surface area contributed by atoms with E-state index in [2.05, 4.69) is 12.2 Å². The zero-order chi connectivity index (χ0) is 17.7. The number of benzene rings is 1. The summed E-state index contributed by atoms with van der Waals surface area (Å²) in [6, 6.07) is 5.33. The molecule has 136 valence electrons. The molecule has 1 amide bonds. The van der Waals surface area contributed by atoms with Crippen LogP contribution in [0.1, 0.15) is 54.4 Å². The van der Waals surface area contributed by atoms with Gasteiger partial charge >= 0.3 is 0 Å². The van der Waals surface area contributed by atoms with Crippen LogP contribution in [-0.2, 0) is 6.54 Å². The molecule has 0 radical (unpaired) electrons. The molecule has 0 fully saturated rings. The molecule has 1 aromatic carbocycles. The molecular formula is C20H26FNO3. The maximum Gasteiger partial charge on any atom is 0.254 e. The molecular weight excluding hydrogens is 321 g/mol. The summed E-state index contributed by atoms with van der Waals surface area (Å²) < 4.78 is 17.8. The minimum Gasteiger partial charge on any atom is -0.490 e. The molecule has 0 unspecified atom stereocenters. The lowest BCUT2D eigenvalue weighted by molar-refractivity contribution is 0.00469. The minimum atomic E-state index is -0.701. The van der Waals surface area contributed by atoms with Gasteiger partial charge in [0.1, 0.15) is 19.0 Å². The first-order valence-electron chi connectivity index (χ1n) is 9.10. The van der Waals surface area contributed by atoms with E-state index in [-0.39, 0.29) is 12.5 Å². The minimum absolute atomic E-state index is 0.00207. The lowest BCUT2D eigenvalue weighted by atomic mass is 9.86. The number of hydrogen-bond acceptors (Lipinski definition) is 3. The molecule has 4 nitrogen and oxygen atoms in total. The van der Waals surface area contributed by atoms with E-state index in [4.69, 9.17) is 4.74 Å². The van der Waals surface area contributed by atoms with E-state index in [1.807, 2.05) is 0 Å². The van der Waals surface area contributed by atoms with Gasteiger partial charge in [0.05, 0.1) is 12.1 Å². The molecule has 0 aromatic heterocycles. The second kappa shape index (κ2) is 8.00. The lowest BCUT2D eigenvalue weighted by Crippen LogP contribution is -2.35. The smallest absolute Gasteiger partial charge is 0.254 e. The molecule has 0 saturated heterocycles. The summed E-state index contributed by atoms with van der Waals surface area (Å²) in [5.41, 5.74) is 0.755. The summed E-state index contributed by atoms with van der Waals surface area (Å²) in [5, 5.41) is 10.9. The van der Waals surface area contributed by atoms with Crippen molar-refractivity contribution in [3.05, 3.63) is 41.5 Å². The third-order valence-electron chi connectivity index (χ3n) is 5.14.